The molecular weight excluding hydrogens is 174 g/mol. The molecule has 1 amide bonds. The molecule has 2 heteroatoms. The van der Waals surface area contributed by atoms with E-state index >= 15 is 0 Å². The highest BCUT2D eigenvalue weighted by molar-refractivity contribution is 5.83. The number of rotatable bonds is 1. The van der Waals surface area contributed by atoms with Crippen LogP contribution in [0.5, 0.6) is 0 Å². The van der Waals surface area contributed by atoms with E-state index in [9.17, 15) is 4.79 Å². The molecule has 0 aromatic heterocycles. The predicted molar refractivity (Wildman–Crippen MR) is 53.5 cm³/mol. The molecule has 1 heterocycles. The Kier molecular flexibility index (Phi) is 1.63. The summed E-state index contributed by atoms with van der Waals surface area (Å²) in [6, 6.07) is 10.5. The molecule has 3 atom stereocenters. The highest BCUT2D eigenvalue weighted by Crippen LogP contribution is 2.48. The summed E-state index contributed by atoms with van der Waals surface area (Å²) < 4.78 is 0. The molecule has 14 heavy (non-hydrogen) atoms. The van der Waals surface area contributed by atoms with Gasteiger partial charge in [0.05, 0.1) is 6.04 Å². The maximum absolute atomic E-state index is 11.5. The minimum atomic E-state index is 0.257. The van der Waals surface area contributed by atoms with E-state index in [1.165, 1.54) is 5.56 Å². The first-order valence-electron chi connectivity index (χ1n) is 5.20. The van der Waals surface area contributed by atoms with E-state index in [4.69, 9.17) is 0 Å². The second-order valence-corrected chi connectivity index (χ2v) is 4.31. The first-order valence-corrected chi connectivity index (χ1v) is 5.20. The molecule has 1 aromatic carbocycles. The number of piperidine rings is 1. The Hall–Kier alpha value is -1.31. The van der Waals surface area contributed by atoms with Crippen LogP contribution in [0.25, 0.3) is 0 Å². The van der Waals surface area contributed by atoms with Gasteiger partial charge in [0.1, 0.15) is 0 Å². The van der Waals surface area contributed by atoms with Gasteiger partial charge in [0.2, 0.25) is 5.91 Å². The molecule has 1 N–H and O–H groups in total. The molecule has 0 spiro atoms. The SMILES string of the molecule is O=C1NC(c2ccccc2)CC2CC12. The average Bonchev–Trinajstić information content (AvgIpc) is 2.99. The lowest BCUT2D eigenvalue weighted by Gasteiger charge is -2.23. The lowest BCUT2D eigenvalue weighted by molar-refractivity contribution is -0.124. The van der Waals surface area contributed by atoms with Gasteiger partial charge in [0.15, 0.2) is 0 Å². The summed E-state index contributed by atoms with van der Waals surface area (Å²) >= 11 is 0. The standard InChI is InChI=1S/C12H13NO/c14-12-10-6-9(10)7-11(13-12)8-4-2-1-3-5-8/h1-5,9-11H,6-7H2,(H,13,14). The van der Waals surface area contributed by atoms with Gasteiger partial charge in [-0.1, -0.05) is 30.3 Å². The largest absolute Gasteiger partial charge is 0.349 e. The van der Waals surface area contributed by atoms with E-state index < -0.39 is 0 Å². The van der Waals surface area contributed by atoms with Crippen molar-refractivity contribution in [3.63, 3.8) is 0 Å². The molecule has 3 rings (SSSR count). The fourth-order valence-electron chi connectivity index (χ4n) is 2.37. The second kappa shape index (κ2) is 2.84. The van der Waals surface area contributed by atoms with E-state index in [0.29, 0.717) is 11.8 Å². The van der Waals surface area contributed by atoms with Gasteiger partial charge in [-0.25, -0.2) is 0 Å². The van der Waals surface area contributed by atoms with E-state index in [-0.39, 0.29) is 11.9 Å². The van der Waals surface area contributed by atoms with Crippen molar-refractivity contribution in [2.45, 2.75) is 18.9 Å². The topological polar surface area (TPSA) is 29.1 Å². The lowest BCUT2D eigenvalue weighted by Crippen LogP contribution is -2.34. The minimum absolute atomic E-state index is 0.257. The summed E-state index contributed by atoms with van der Waals surface area (Å²) in [5.74, 6) is 1.26. The lowest BCUT2D eigenvalue weighted by atomic mass is 9.97. The molecule has 72 valence electrons. The van der Waals surface area contributed by atoms with Crippen molar-refractivity contribution in [3.8, 4) is 0 Å². The number of nitrogens with one attached hydrogen (secondary N) is 1. The summed E-state index contributed by atoms with van der Waals surface area (Å²) in [5, 5.41) is 3.09. The normalized spacial score (nSPS) is 34.6. The predicted octanol–water partition coefficient (Wildman–Crippen LogP) is 1.88. The minimum Gasteiger partial charge on any atom is -0.349 e. The number of carbonyl (C=O) groups excluding carboxylic acids is 1. The fourth-order valence-corrected chi connectivity index (χ4v) is 2.37. The Morgan fingerprint density at radius 3 is 2.64 bits per heavy atom. The maximum atomic E-state index is 11.5. The number of hydrogen-bond donors (Lipinski definition) is 1. The molecule has 2 fully saturated rings. The Morgan fingerprint density at radius 1 is 1.14 bits per heavy atom. The van der Waals surface area contributed by atoms with Crippen LogP contribution in [0.15, 0.2) is 30.3 Å². The van der Waals surface area contributed by atoms with Gasteiger partial charge >= 0.3 is 0 Å². The van der Waals surface area contributed by atoms with E-state index in [0.717, 1.165) is 12.8 Å². The third-order valence-corrected chi connectivity index (χ3v) is 3.32. The van der Waals surface area contributed by atoms with Gasteiger partial charge in [-0.15, -0.1) is 0 Å². The summed E-state index contributed by atoms with van der Waals surface area (Å²) in [5.41, 5.74) is 1.24. The molecule has 1 saturated carbocycles. The maximum Gasteiger partial charge on any atom is 0.223 e. The van der Waals surface area contributed by atoms with Crippen molar-refractivity contribution in [2.75, 3.05) is 0 Å². The summed E-state index contributed by atoms with van der Waals surface area (Å²) in [4.78, 5) is 11.5. The monoisotopic (exact) mass is 187 g/mol. The van der Waals surface area contributed by atoms with Crippen molar-refractivity contribution >= 4 is 5.91 Å². The third kappa shape index (κ3) is 1.22. The first-order chi connectivity index (χ1) is 6.84. The number of carbonyl (C=O) groups is 1. The van der Waals surface area contributed by atoms with Gasteiger partial charge in [0.25, 0.3) is 0 Å². The molecular formula is C12H13NO. The molecule has 2 aliphatic rings. The number of amides is 1. The van der Waals surface area contributed by atoms with Crippen LogP contribution < -0.4 is 5.32 Å². The van der Waals surface area contributed by atoms with Crippen LogP contribution in [0.1, 0.15) is 24.4 Å². The van der Waals surface area contributed by atoms with Gasteiger partial charge in [-0.05, 0) is 24.3 Å². The van der Waals surface area contributed by atoms with Crippen LogP contribution >= 0.6 is 0 Å². The molecule has 1 aromatic rings. The van der Waals surface area contributed by atoms with Gasteiger partial charge in [0, 0.05) is 5.92 Å². The summed E-state index contributed by atoms with van der Waals surface area (Å²) in [6.45, 7) is 0. The van der Waals surface area contributed by atoms with Gasteiger partial charge < -0.3 is 5.32 Å². The zero-order valence-electron chi connectivity index (χ0n) is 7.94. The summed E-state index contributed by atoms with van der Waals surface area (Å²) in [6.07, 6.45) is 2.23. The molecule has 1 saturated heterocycles. The Morgan fingerprint density at radius 2 is 1.93 bits per heavy atom. The highest BCUT2D eigenvalue weighted by Gasteiger charge is 2.48. The molecule has 0 bridgehead atoms. The number of fused-ring (bicyclic) bond motifs is 1. The van der Waals surface area contributed by atoms with Crippen LogP contribution in [-0.2, 0) is 4.79 Å². The Balaban J connectivity index is 1.83. The van der Waals surface area contributed by atoms with Crippen molar-refractivity contribution in [2.24, 2.45) is 11.8 Å². The van der Waals surface area contributed by atoms with E-state index in [2.05, 4.69) is 17.4 Å². The van der Waals surface area contributed by atoms with Gasteiger partial charge in [-0.3, -0.25) is 4.79 Å². The zero-order valence-corrected chi connectivity index (χ0v) is 7.94. The molecule has 1 aliphatic heterocycles. The van der Waals surface area contributed by atoms with Crippen LogP contribution in [0.4, 0.5) is 0 Å². The number of hydrogen-bond acceptors (Lipinski definition) is 1. The van der Waals surface area contributed by atoms with Gasteiger partial charge in [-0.2, -0.15) is 0 Å². The highest BCUT2D eigenvalue weighted by atomic mass is 16.2. The summed E-state index contributed by atoms with van der Waals surface area (Å²) in [7, 11) is 0. The van der Waals surface area contributed by atoms with E-state index in [1.807, 2.05) is 18.2 Å². The third-order valence-electron chi connectivity index (χ3n) is 3.32. The van der Waals surface area contributed by atoms with Crippen LogP contribution in [0.2, 0.25) is 0 Å². The van der Waals surface area contributed by atoms with Crippen LogP contribution in [0, 0.1) is 11.8 Å². The molecule has 3 unspecified atom stereocenters. The zero-order chi connectivity index (χ0) is 9.54. The average molecular weight is 187 g/mol. The fraction of sp³-hybridized carbons (Fsp3) is 0.417. The Labute approximate surface area is 83.3 Å². The Bertz CT molecular complexity index is 360. The second-order valence-electron chi connectivity index (χ2n) is 4.31. The smallest absolute Gasteiger partial charge is 0.223 e. The van der Waals surface area contributed by atoms with E-state index in [1.54, 1.807) is 0 Å². The van der Waals surface area contributed by atoms with Crippen LogP contribution in [-0.4, -0.2) is 5.91 Å². The number of benzene rings is 1. The molecule has 2 nitrogen and oxygen atoms in total. The van der Waals surface area contributed by atoms with Crippen molar-refractivity contribution < 1.29 is 4.79 Å². The molecule has 0 radical (unpaired) electrons. The van der Waals surface area contributed by atoms with Crippen LogP contribution in [0.3, 0.4) is 0 Å². The quantitative estimate of drug-likeness (QED) is 0.714. The first kappa shape index (κ1) is 8.04. The van der Waals surface area contributed by atoms with Crippen molar-refractivity contribution in [1.82, 2.24) is 5.32 Å². The van der Waals surface area contributed by atoms with Crippen molar-refractivity contribution in [1.29, 1.82) is 0 Å². The van der Waals surface area contributed by atoms with Crippen molar-refractivity contribution in [3.05, 3.63) is 35.9 Å². The molecule has 1 aliphatic carbocycles.